The number of aliphatic hydroxyl groups excluding tert-OH is 2. The zero-order valence-corrected chi connectivity index (χ0v) is 21.6. The second kappa shape index (κ2) is 10.8. The molecule has 1 unspecified atom stereocenters. The van der Waals surface area contributed by atoms with Gasteiger partial charge in [0.1, 0.15) is 0 Å². The van der Waals surface area contributed by atoms with Gasteiger partial charge >= 0.3 is 0 Å². The van der Waals surface area contributed by atoms with Crippen LogP contribution in [-0.2, 0) is 0 Å². The van der Waals surface area contributed by atoms with Crippen molar-refractivity contribution in [1.82, 2.24) is 0 Å². The van der Waals surface area contributed by atoms with Gasteiger partial charge in [0.15, 0.2) is 0 Å². The predicted molar refractivity (Wildman–Crippen MR) is 137 cm³/mol. The fraction of sp³-hybridized carbons (Fsp3) is 0.786. The van der Waals surface area contributed by atoms with Gasteiger partial charge in [0, 0.05) is 11.7 Å². The van der Waals surface area contributed by atoms with Crippen LogP contribution in [0.3, 0.4) is 0 Å². The molecule has 0 aromatic carbocycles. The molecule has 0 bridgehead atoms. The molecule has 3 N–H and O–H groups in total. The second-order valence-electron chi connectivity index (χ2n) is 10.9. The number of rotatable bonds is 8. The minimum atomic E-state index is -0.619. The van der Waals surface area contributed by atoms with E-state index in [9.17, 15) is 15.3 Å². The third kappa shape index (κ3) is 5.56. The van der Waals surface area contributed by atoms with E-state index in [0.717, 1.165) is 48.5 Å². The van der Waals surface area contributed by atoms with E-state index >= 15 is 0 Å². The summed E-state index contributed by atoms with van der Waals surface area (Å²) < 4.78 is 0. The number of allylic oxidation sites excluding steroid dienone is 3. The molecule has 0 saturated heterocycles. The Morgan fingerprint density at radius 2 is 1.94 bits per heavy atom. The molecule has 0 aliphatic heterocycles. The van der Waals surface area contributed by atoms with Crippen molar-refractivity contribution in [1.29, 1.82) is 0 Å². The Morgan fingerprint density at radius 1 is 1.22 bits per heavy atom. The third-order valence-corrected chi connectivity index (χ3v) is 10.4. The van der Waals surface area contributed by atoms with Gasteiger partial charge in [0.05, 0.1) is 17.8 Å². The number of hydrogen-bond donors (Lipinski definition) is 3. The number of fused-ring (bicyclic) bond motifs is 1. The predicted octanol–water partition coefficient (Wildman–Crippen LogP) is 6.19. The van der Waals surface area contributed by atoms with Crippen molar-refractivity contribution in [3.63, 3.8) is 0 Å². The molecule has 0 amide bonds. The molecule has 182 valence electrons. The summed E-state index contributed by atoms with van der Waals surface area (Å²) in [5, 5.41) is 31.5. The lowest BCUT2D eigenvalue weighted by molar-refractivity contribution is 0.0296. The van der Waals surface area contributed by atoms with Crippen LogP contribution in [0, 0.1) is 17.3 Å². The Labute approximate surface area is 200 Å². The highest BCUT2D eigenvalue weighted by atomic mass is 32.2. The largest absolute Gasteiger partial charge is 0.393 e. The van der Waals surface area contributed by atoms with Crippen LogP contribution in [0.5, 0.6) is 0 Å². The number of aliphatic hydroxyl groups is 3. The summed E-state index contributed by atoms with van der Waals surface area (Å²) >= 11 is 2.07. The molecular weight excluding hydrogens is 416 g/mol. The van der Waals surface area contributed by atoms with Crippen LogP contribution in [0.4, 0.5) is 0 Å². The van der Waals surface area contributed by atoms with E-state index in [0.29, 0.717) is 29.4 Å². The van der Waals surface area contributed by atoms with Crippen LogP contribution in [0.1, 0.15) is 91.9 Å². The summed E-state index contributed by atoms with van der Waals surface area (Å²) in [5.41, 5.74) is 3.20. The van der Waals surface area contributed by atoms with Crippen LogP contribution in [0.2, 0.25) is 0 Å². The quantitative estimate of drug-likeness (QED) is 0.402. The Bertz CT molecular complexity index is 722. The van der Waals surface area contributed by atoms with Crippen molar-refractivity contribution < 1.29 is 15.3 Å². The number of thioether (sulfide) groups is 1. The maximum atomic E-state index is 10.6. The summed E-state index contributed by atoms with van der Waals surface area (Å²) in [6.45, 7) is 13.2. The smallest absolute Gasteiger partial charge is 0.0811 e. The maximum absolute atomic E-state index is 10.6. The van der Waals surface area contributed by atoms with E-state index in [1.807, 2.05) is 0 Å². The normalized spacial score (nSPS) is 37.2. The third-order valence-electron chi connectivity index (χ3n) is 9.13. The average molecular weight is 463 g/mol. The van der Waals surface area contributed by atoms with Crippen molar-refractivity contribution in [2.24, 2.45) is 17.3 Å². The Kier molecular flexibility index (Phi) is 8.80. The Hall–Kier alpha value is -0.550. The van der Waals surface area contributed by atoms with Crippen molar-refractivity contribution in [3.8, 4) is 0 Å². The Morgan fingerprint density at radius 3 is 2.62 bits per heavy atom. The van der Waals surface area contributed by atoms with Gasteiger partial charge in [-0.25, -0.2) is 0 Å². The molecule has 3 fully saturated rings. The van der Waals surface area contributed by atoms with Crippen molar-refractivity contribution in [2.75, 3.05) is 5.75 Å². The standard InChI is InChI=1S/C28H46O3S/c1-6-28(31,7-2)15-16-32-20(4)24-12-13-25-21(9-8-14-27(24,25)5)10-11-22-17-23(29)18-26(30)19(22)3/h10-11,20,23-26,29-31H,3,6-9,12-18H2,1-2,4-5H3/b21-10+,22-11-/t20?,23-,24-,25+,26+,27-/m1/s1. The lowest BCUT2D eigenvalue weighted by Crippen LogP contribution is -2.37. The average Bonchev–Trinajstić information content (AvgIpc) is 3.12. The van der Waals surface area contributed by atoms with Crippen molar-refractivity contribution in [3.05, 3.63) is 35.5 Å². The van der Waals surface area contributed by atoms with Crippen LogP contribution < -0.4 is 0 Å². The molecule has 3 aliphatic carbocycles. The fourth-order valence-electron chi connectivity index (χ4n) is 6.67. The fourth-order valence-corrected chi connectivity index (χ4v) is 8.22. The zero-order chi connectivity index (χ0) is 23.5. The van der Waals surface area contributed by atoms with Crippen LogP contribution in [-0.4, -0.2) is 44.1 Å². The maximum Gasteiger partial charge on any atom is 0.0811 e. The molecule has 0 heterocycles. The first-order chi connectivity index (χ1) is 15.1. The monoisotopic (exact) mass is 462 g/mol. The summed E-state index contributed by atoms with van der Waals surface area (Å²) in [6.07, 6.45) is 13.2. The molecule has 3 rings (SSSR count). The van der Waals surface area contributed by atoms with E-state index in [-0.39, 0.29) is 0 Å². The molecule has 4 heteroatoms. The molecule has 3 saturated carbocycles. The van der Waals surface area contributed by atoms with Crippen LogP contribution >= 0.6 is 11.8 Å². The number of hydrogen-bond acceptors (Lipinski definition) is 4. The highest BCUT2D eigenvalue weighted by Gasteiger charge is 2.50. The summed E-state index contributed by atoms with van der Waals surface area (Å²) in [6, 6.07) is 0. The molecule has 3 aliphatic rings. The molecule has 0 aromatic rings. The van der Waals surface area contributed by atoms with E-state index in [1.165, 1.54) is 25.7 Å². The van der Waals surface area contributed by atoms with Crippen molar-refractivity contribution in [2.45, 2.75) is 115 Å². The topological polar surface area (TPSA) is 60.7 Å². The molecule has 0 spiro atoms. The lowest BCUT2D eigenvalue weighted by Gasteiger charge is -2.44. The molecule has 3 nitrogen and oxygen atoms in total. The van der Waals surface area contributed by atoms with Crippen LogP contribution in [0.15, 0.2) is 35.5 Å². The van der Waals surface area contributed by atoms with Gasteiger partial charge in [-0.05, 0) is 91.9 Å². The van der Waals surface area contributed by atoms with Gasteiger partial charge in [0.25, 0.3) is 0 Å². The zero-order valence-electron chi connectivity index (χ0n) is 20.8. The molecule has 0 aromatic heterocycles. The Balaban J connectivity index is 1.67. The van der Waals surface area contributed by atoms with E-state index in [1.54, 1.807) is 5.57 Å². The molecule has 0 radical (unpaired) electrons. The van der Waals surface area contributed by atoms with Gasteiger partial charge in [-0.1, -0.05) is 52.0 Å². The minimum absolute atomic E-state index is 0.351. The summed E-state index contributed by atoms with van der Waals surface area (Å²) in [5.74, 6) is 2.40. The van der Waals surface area contributed by atoms with Crippen molar-refractivity contribution >= 4 is 11.8 Å². The lowest BCUT2D eigenvalue weighted by atomic mass is 9.63. The van der Waals surface area contributed by atoms with Gasteiger partial charge in [-0.15, -0.1) is 0 Å². The first-order valence-corrected chi connectivity index (χ1v) is 14.0. The van der Waals surface area contributed by atoms with Gasteiger partial charge in [0.2, 0.25) is 0 Å². The summed E-state index contributed by atoms with van der Waals surface area (Å²) in [7, 11) is 0. The molecular formula is C28H46O3S. The van der Waals surface area contributed by atoms with Gasteiger partial charge < -0.3 is 15.3 Å². The summed E-state index contributed by atoms with van der Waals surface area (Å²) in [4.78, 5) is 0. The minimum Gasteiger partial charge on any atom is -0.393 e. The van der Waals surface area contributed by atoms with Gasteiger partial charge in [-0.2, -0.15) is 11.8 Å². The van der Waals surface area contributed by atoms with Gasteiger partial charge in [-0.3, -0.25) is 0 Å². The van der Waals surface area contributed by atoms with E-state index in [2.05, 4.69) is 58.2 Å². The van der Waals surface area contributed by atoms with Crippen LogP contribution in [0.25, 0.3) is 0 Å². The SMILES string of the molecule is C=C1/C(=C\C=C2/CCC[C@]3(C)[C@@H](C(C)SCCC(O)(CC)CC)CC[C@@H]23)C[C@@H](O)C[C@@H]1O. The first kappa shape index (κ1) is 26.1. The first-order valence-electron chi connectivity index (χ1n) is 12.9. The molecule has 6 atom stereocenters. The highest BCUT2D eigenvalue weighted by Crippen LogP contribution is 2.59. The highest BCUT2D eigenvalue weighted by molar-refractivity contribution is 7.99. The second-order valence-corrected chi connectivity index (χ2v) is 12.4. The van der Waals surface area contributed by atoms with E-state index < -0.39 is 17.8 Å². The molecule has 32 heavy (non-hydrogen) atoms. The van der Waals surface area contributed by atoms with E-state index in [4.69, 9.17) is 0 Å².